The van der Waals surface area contributed by atoms with Gasteiger partial charge in [-0.3, -0.25) is 0 Å². The minimum Gasteiger partial charge on any atom is -0.382 e. The molecule has 0 aromatic heterocycles. The van der Waals surface area contributed by atoms with Crippen molar-refractivity contribution in [3.05, 3.63) is 29.3 Å². The summed E-state index contributed by atoms with van der Waals surface area (Å²) < 4.78 is 5.12. The fourth-order valence-electron chi connectivity index (χ4n) is 1.59. The Labute approximate surface area is 108 Å². The summed E-state index contributed by atoms with van der Waals surface area (Å²) in [5, 5.41) is 17.2. The first-order valence-electron chi connectivity index (χ1n) is 5.97. The molecule has 2 unspecified atom stereocenters. The Bertz CT molecular complexity index is 463. The molecule has 0 aliphatic rings. The van der Waals surface area contributed by atoms with Gasteiger partial charge in [0.2, 0.25) is 0 Å². The summed E-state index contributed by atoms with van der Waals surface area (Å²) >= 11 is 0. The number of azo groups is 1. The molecule has 0 heterocycles. The minimum atomic E-state index is -0.458. The topological polar surface area (TPSA) is 57.7 Å². The van der Waals surface area contributed by atoms with Crippen molar-refractivity contribution in [2.75, 3.05) is 7.11 Å². The quantitative estimate of drug-likeness (QED) is 0.742. The van der Waals surface area contributed by atoms with Crippen LogP contribution in [0.25, 0.3) is 0 Å². The molecule has 1 aromatic carbocycles. The molecule has 0 spiro atoms. The lowest BCUT2D eigenvalue weighted by molar-refractivity contribution is 0.108. The van der Waals surface area contributed by atoms with E-state index in [-0.39, 0.29) is 6.10 Å². The standard InChI is InChI=1S/C14H19N3O/c1-10-5-6-14(11(2)7-10)17-16-13(9-15)8-12(3)18-4/h5-7,12-13H,8H2,1-4H3. The maximum Gasteiger partial charge on any atom is 0.160 e. The molecule has 1 rings (SSSR count). The fraction of sp³-hybridized carbons (Fsp3) is 0.500. The number of nitriles is 1. The molecule has 0 fully saturated rings. The summed E-state index contributed by atoms with van der Waals surface area (Å²) in [5.74, 6) is 0. The van der Waals surface area contributed by atoms with Gasteiger partial charge in [0.15, 0.2) is 6.04 Å². The van der Waals surface area contributed by atoms with E-state index in [1.54, 1.807) is 7.11 Å². The van der Waals surface area contributed by atoms with Crippen molar-refractivity contribution in [3.8, 4) is 6.07 Å². The second-order valence-corrected chi connectivity index (χ2v) is 4.43. The van der Waals surface area contributed by atoms with Gasteiger partial charge in [-0.05, 0) is 32.4 Å². The Morgan fingerprint density at radius 3 is 2.67 bits per heavy atom. The number of hydrogen-bond acceptors (Lipinski definition) is 4. The molecule has 0 aliphatic heterocycles. The number of rotatable bonds is 5. The summed E-state index contributed by atoms with van der Waals surface area (Å²) in [7, 11) is 1.63. The highest BCUT2D eigenvalue weighted by atomic mass is 16.5. The van der Waals surface area contributed by atoms with Crippen LogP contribution in [0.1, 0.15) is 24.5 Å². The first kappa shape index (κ1) is 14.3. The van der Waals surface area contributed by atoms with Gasteiger partial charge >= 0.3 is 0 Å². The van der Waals surface area contributed by atoms with E-state index in [2.05, 4.69) is 16.3 Å². The number of methoxy groups -OCH3 is 1. The smallest absolute Gasteiger partial charge is 0.160 e. The molecule has 2 atom stereocenters. The van der Waals surface area contributed by atoms with Crippen LogP contribution in [0.4, 0.5) is 5.69 Å². The van der Waals surface area contributed by atoms with E-state index in [9.17, 15) is 0 Å². The average Bonchev–Trinajstić information content (AvgIpc) is 2.35. The third-order valence-corrected chi connectivity index (χ3v) is 2.76. The predicted octanol–water partition coefficient (Wildman–Crippen LogP) is 3.70. The van der Waals surface area contributed by atoms with Gasteiger partial charge in [0.05, 0.1) is 17.9 Å². The van der Waals surface area contributed by atoms with Gasteiger partial charge in [-0.25, -0.2) is 0 Å². The highest BCUT2D eigenvalue weighted by Crippen LogP contribution is 2.20. The van der Waals surface area contributed by atoms with Crippen molar-refractivity contribution >= 4 is 5.69 Å². The number of aryl methyl sites for hydroxylation is 2. The van der Waals surface area contributed by atoms with Crippen LogP contribution in [0.15, 0.2) is 28.4 Å². The Morgan fingerprint density at radius 1 is 1.39 bits per heavy atom. The summed E-state index contributed by atoms with van der Waals surface area (Å²) in [6.07, 6.45) is 0.564. The molecule has 0 saturated heterocycles. The van der Waals surface area contributed by atoms with Gasteiger partial charge in [-0.15, -0.1) is 0 Å². The van der Waals surface area contributed by atoms with Gasteiger partial charge in [-0.2, -0.15) is 15.5 Å². The maximum absolute atomic E-state index is 9.00. The van der Waals surface area contributed by atoms with Crippen molar-refractivity contribution in [2.45, 2.75) is 39.3 Å². The summed E-state index contributed by atoms with van der Waals surface area (Å²) in [4.78, 5) is 0. The molecule has 0 amide bonds. The number of hydrogen-bond donors (Lipinski definition) is 0. The van der Waals surface area contributed by atoms with Crippen LogP contribution in [-0.2, 0) is 4.74 Å². The average molecular weight is 245 g/mol. The SMILES string of the molecule is COC(C)CC(C#N)N=Nc1ccc(C)cc1C. The zero-order chi connectivity index (χ0) is 13.5. The van der Waals surface area contributed by atoms with Crippen LogP contribution >= 0.6 is 0 Å². The summed E-state index contributed by atoms with van der Waals surface area (Å²) in [6.45, 7) is 5.93. The van der Waals surface area contributed by atoms with Crippen molar-refractivity contribution in [1.82, 2.24) is 0 Å². The lowest BCUT2D eigenvalue weighted by Crippen LogP contribution is -2.13. The third kappa shape index (κ3) is 4.27. The van der Waals surface area contributed by atoms with Gasteiger partial charge in [0, 0.05) is 13.5 Å². The lowest BCUT2D eigenvalue weighted by atomic mass is 10.1. The summed E-state index contributed by atoms with van der Waals surface area (Å²) in [6, 6.07) is 7.62. The molecule has 18 heavy (non-hydrogen) atoms. The minimum absolute atomic E-state index is 0.00714. The molecular weight excluding hydrogens is 226 g/mol. The van der Waals surface area contributed by atoms with Gasteiger partial charge < -0.3 is 4.74 Å². The van der Waals surface area contributed by atoms with E-state index in [0.717, 1.165) is 11.3 Å². The van der Waals surface area contributed by atoms with E-state index in [0.29, 0.717) is 6.42 Å². The molecule has 1 aromatic rings. The first-order valence-corrected chi connectivity index (χ1v) is 5.97. The molecule has 96 valence electrons. The van der Waals surface area contributed by atoms with Crippen molar-refractivity contribution in [2.24, 2.45) is 10.2 Å². The zero-order valence-electron chi connectivity index (χ0n) is 11.3. The third-order valence-electron chi connectivity index (χ3n) is 2.76. The maximum atomic E-state index is 9.00. The first-order chi connectivity index (χ1) is 8.56. The molecular formula is C14H19N3O. The van der Waals surface area contributed by atoms with E-state index < -0.39 is 6.04 Å². The Hall–Kier alpha value is -1.73. The predicted molar refractivity (Wildman–Crippen MR) is 70.9 cm³/mol. The van der Waals surface area contributed by atoms with Crippen LogP contribution in [0.3, 0.4) is 0 Å². The molecule has 0 aliphatic carbocycles. The highest BCUT2D eigenvalue weighted by Gasteiger charge is 2.11. The number of benzene rings is 1. The van der Waals surface area contributed by atoms with Crippen molar-refractivity contribution < 1.29 is 4.74 Å². The van der Waals surface area contributed by atoms with Crippen LogP contribution < -0.4 is 0 Å². The Balaban J connectivity index is 2.75. The van der Waals surface area contributed by atoms with Gasteiger partial charge in [0.1, 0.15) is 0 Å². The largest absolute Gasteiger partial charge is 0.382 e. The summed E-state index contributed by atoms with van der Waals surface area (Å²) in [5.41, 5.74) is 3.07. The van der Waals surface area contributed by atoms with E-state index >= 15 is 0 Å². The highest BCUT2D eigenvalue weighted by molar-refractivity contribution is 5.46. The Morgan fingerprint density at radius 2 is 2.11 bits per heavy atom. The van der Waals surface area contributed by atoms with Crippen molar-refractivity contribution in [1.29, 1.82) is 5.26 Å². The lowest BCUT2D eigenvalue weighted by Gasteiger charge is -2.09. The fourth-order valence-corrected chi connectivity index (χ4v) is 1.59. The van der Waals surface area contributed by atoms with Crippen LogP contribution in [0.5, 0.6) is 0 Å². The Kier molecular flexibility index (Phi) is 5.47. The normalized spacial score (nSPS) is 14.4. The monoisotopic (exact) mass is 245 g/mol. The van der Waals surface area contributed by atoms with Crippen LogP contribution in [0.2, 0.25) is 0 Å². The molecule has 0 bridgehead atoms. The van der Waals surface area contributed by atoms with Crippen molar-refractivity contribution in [3.63, 3.8) is 0 Å². The molecule has 4 heteroatoms. The second-order valence-electron chi connectivity index (χ2n) is 4.43. The zero-order valence-corrected chi connectivity index (χ0v) is 11.3. The molecule has 4 nitrogen and oxygen atoms in total. The number of ether oxygens (including phenoxy) is 1. The van der Waals surface area contributed by atoms with E-state index in [4.69, 9.17) is 10.00 Å². The molecule has 0 radical (unpaired) electrons. The number of nitrogens with zero attached hydrogens (tertiary/aromatic N) is 3. The molecule has 0 N–H and O–H groups in total. The second kappa shape index (κ2) is 6.87. The van der Waals surface area contributed by atoms with E-state index in [1.165, 1.54) is 5.56 Å². The molecule has 0 saturated carbocycles. The van der Waals surface area contributed by atoms with Gasteiger partial charge in [-0.1, -0.05) is 17.7 Å². The van der Waals surface area contributed by atoms with Gasteiger partial charge in [0.25, 0.3) is 0 Å². The van der Waals surface area contributed by atoms with Crippen LogP contribution in [-0.4, -0.2) is 19.3 Å². The van der Waals surface area contributed by atoms with E-state index in [1.807, 2.05) is 39.0 Å². The van der Waals surface area contributed by atoms with Crippen LogP contribution in [0, 0.1) is 25.2 Å².